The third-order valence-corrected chi connectivity index (χ3v) is 3.65. The second-order valence-electron chi connectivity index (χ2n) is 4.80. The van der Waals surface area contributed by atoms with E-state index in [1.165, 1.54) is 21.3 Å². The Kier molecular flexibility index (Phi) is 3.97. The Hall–Kier alpha value is -2.89. The van der Waals surface area contributed by atoms with Crippen molar-refractivity contribution in [1.29, 1.82) is 0 Å². The minimum atomic E-state index is 0.183. The maximum absolute atomic E-state index is 11.6. The van der Waals surface area contributed by atoms with E-state index in [1.54, 1.807) is 18.2 Å². The number of methoxy groups -OCH3 is 3. The molecule has 0 saturated heterocycles. The van der Waals surface area contributed by atoms with Crippen molar-refractivity contribution in [2.24, 2.45) is 0 Å². The third-order valence-electron chi connectivity index (χ3n) is 3.65. The molecule has 1 aliphatic rings. The average Bonchev–Trinajstić information content (AvgIpc) is 3.07. The highest BCUT2D eigenvalue weighted by Crippen LogP contribution is 2.47. The SMILES string of the molecule is COc1cc(C=O)c(-c2ccc3c(c2)OCO3)c(OC)c1OC. The lowest BCUT2D eigenvalue weighted by Crippen LogP contribution is -2.00. The van der Waals surface area contributed by atoms with Gasteiger partial charge in [0.05, 0.1) is 21.3 Å². The summed E-state index contributed by atoms with van der Waals surface area (Å²) in [5, 5.41) is 0. The standard InChI is InChI=1S/C17H16O6/c1-19-14-7-11(8-18)15(17(21-3)16(14)20-2)10-4-5-12-13(6-10)23-9-22-12/h4-8H,9H2,1-3H3. The van der Waals surface area contributed by atoms with E-state index in [4.69, 9.17) is 23.7 Å². The second kappa shape index (κ2) is 6.08. The number of benzene rings is 2. The van der Waals surface area contributed by atoms with Crippen LogP contribution >= 0.6 is 0 Å². The van der Waals surface area contributed by atoms with E-state index >= 15 is 0 Å². The molecule has 1 aliphatic heterocycles. The number of carbonyl (C=O) groups is 1. The normalized spacial score (nSPS) is 12.0. The molecular weight excluding hydrogens is 300 g/mol. The molecule has 0 aliphatic carbocycles. The van der Waals surface area contributed by atoms with E-state index in [1.807, 2.05) is 6.07 Å². The monoisotopic (exact) mass is 316 g/mol. The van der Waals surface area contributed by atoms with E-state index in [0.29, 0.717) is 39.9 Å². The molecule has 0 N–H and O–H groups in total. The summed E-state index contributed by atoms with van der Waals surface area (Å²) in [6.07, 6.45) is 0.754. The Balaban J connectivity index is 2.27. The number of rotatable bonds is 5. The van der Waals surface area contributed by atoms with Crippen LogP contribution in [0.15, 0.2) is 24.3 Å². The van der Waals surface area contributed by atoms with Gasteiger partial charge in [0.25, 0.3) is 0 Å². The molecule has 0 bridgehead atoms. The molecule has 0 atom stereocenters. The molecule has 6 nitrogen and oxygen atoms in total. The highest BCUT2D eigenvalue weighted by atomic mass is 16.7. The lowest BCUT2D eigenvalue weighted by molar-refractivity contribution is 0.112. The quantitative estimate of drug-likeness (QED) is 0.790. The van der Waals surface area contributed by atoms with Gasteiger partial charge >= 0.3 is 0 Å². The van der Waals surface area contributed by atoms with E-state index < -0.39 is 0 Å². The minimum absolute atomic E-state index is 0.183. The Labute approximate surface area is 133 Å². The second-order valence-corrected chi connectivity index (χ2v) is 4.80. The molecule has 120 valence electrons. The van der Waals surface area contributed by atoms with Crippen molar-refractivity contribution in [3.63, 3.8) is 0 Å². The largest absolute Gasteiger partial charge is 0.493 e. The Morgan fingerprint density at radius 2 is 1.70 bits per heavy atom. The van der Waals surface area contributed by atoms with Gasteiger partial charge in [-0.05, 0) is 23.8 Å². The van der Waals surface area contributed by atoms with Crippen LogP contribution in [0, 0.1) is 0 Å². The summed E-state index contributed by atoms with van der Waals surface area (Å²) in [7, 11) is 4.54. The van der Waals surface area contributed by atoms with Crippen LogP contribution in [0.25, 0.3) is 11.1 Å². The molecule has 0 spiro atoms. The molecule has 0 radical (unpaired) electrons. The van der Waals surface area contributed by atoms with Crippen LogP contribution in [0.5, 0.6) is 28.7 Å². The predicted octanol–water partition coefficient (Wildman–Crippen LogP) is 2.92. The molecule has 0 aromatic heterocycles. The molecule has 3 rings (SSSR count). The van der Waals surface area contributed by atoms with Crippen LogP contribution in [0.3, 0.4) is 0 Å². The lowest BCUT2D eigenvalue weighted by atomic mass is 9.97. The van der Waals surface area contributed by atoms with Gasteiger partial charge in [-0.1, -0.05) is 6.07 Å². The number of aldehydes is 1. The number of hydrogen-bond donors (Lipinski definition) is 0. The molecule has 0 saturated carbocycles. The van der Waals surface area contributed by atoms with Gasteiger partial charge in [-0.2, -0.15) is 0 Å². The van der Waals surface area contributed by atoms with E-state index in [-0.39, 0.29) is 6.79 Å². The van der Waals surface area contributed by atoms with Gasteiger partial charge in [-0.25, -0.2) is 0 Å². The molecule has 1 heterocycles. The summed E-state index contributed by atoms with van der Waals surface area (Å²) in [5.41, 5.74) is 1.80. The average molecular weight is 316 g/mol. The fourth-order valence-electron chi connectivity index (χ4n) is 2.62. The van der Waals surface area contributed by atoms with Crippen molar-refractivity contribution >= 4 is 6.29 Å². The number of hydrogen-bond acceptors (Lipinski definition) is 6. The number of carbonyl (C=O) groups excluding carboxylic acids is 1. The first-order valence-electron chi connectivity index (χ1n) is 6.91. The van der Waals surface area contributed by atoms with E-state index in [2.05, 4.69) is 0 Å². The number of ether oxygens (including phenoxy) is 5. The first-order chi connectivity index (χ1) is 11.2. The molecule has 2 aromatic carbocycles. The third kappa shape index (κ3) is 2.42. The van der Waals surface area contributed by atoms with Crippen molar-refractivity contribution in [3.8, 4) is 39.9 Å². The predicted molar refractivity (Wildman–Crippen MR) is 83.0 cm³/mol. The molecule has 0 unspecified atom stereocenters. The van der Waals surface area contributed by atoms with Crippen LogP contribution in [-0.2, 0) is 0 Å². The summed E-state index contributed by atoms with van der Waals surface area (Å²) in [4.78, 5) is 11.6. The topological polar surface area (TPSA) is 63.2 Å². The fourth-order valence-corrected chi connectivity index (χ4v) is 2.62. The maximum atomic E-state index is 11.6. The molecule has 23 heavy (non-hydrogen) atoms. The Bertz CT molecular complexity index is 753. The first-order valence-corrected chi connectivity index (χ1v) is 6.91. The first kappa shape index (κ1) is 15.0. The molecule has 0 fully saturated rings. The molecular formula is C17H16O6. The molecule has 0 amide bonds. The summed E-state index contributed by atoms with van der Waals surface area (Å²) >= 11 is 0. The fraction of sp³-hybridized carbons (Fsp3) is 0.235. The zero-order valence-corrected chi connectivity index (χ0v) is 13.0. The van der Waals surface area contributed by atoms with Gasteiger partial charge < -0.3 is 23.7 Å². The van der Waals surface area contributed by atoms with Crippen LogP contribution in [0.1, 0.15) is 10.4 Å². The minimum Gasteiger partial charge on any atom is -0.493 e. The van der Waals surface area contributed by atoms with Gasteiger partial charge in [0, 0.05) is 11.1 Å². The Morgan fingerprint density at radius 3 is 2.35 bits per heavy atom. The van der Waals surface area contributed by atoms with Crippen molar-refractivity contribution < 1.29 is 28.5 Å². The van der Waals surface area contributed by atoms with Crippen molar-refractivity contribution in [2.45, 2.75) is 0 Å². The highest BCUT2D eigenvalue weighted by molar-refractivity contribution is 5.94. The van der Waals surface area contributed by atoms with Gasteiger partial charge in [0.15, 0.2) is 29.3 Å². The zero-order chi connectivity index (χ0) is 16.4. The lowest BCUT2D eigenvalue weighted by Gasteiger charge is -2.18. The summed E-state index contributed by atoms with van der Waals surface area (Å²) in [6.45, 7) is 0.183. The van der Waals surface area contributed by atoms with Crippen LogP contribution in [0.2, 0.25) is 0 Å². The zero-order valence-electron chi connectivity index (χ0n) is 13.0. The van der Waals surface area contributed by atoms with Crippen molar-refractivity contribution in [3.05, 3.63) is 29.8 Å². The van der Waals surface area contributed by atoms with Gasteiger partial charge in [-0.15, -0.1) is 0 Å². The maximum Gasteiger partial charge on any atom is 0.231 e. The summed E-state index contributed by atoms with van der Waals surface area (Å²) < 4.78 is 26.9. The van der Waals surface area contributed by atoms with E-state index in [0.717, 1.165) is 11.8 Å². The van der Waals surface area contributed by atoms with Gasteiger partial charge in [0.2, 0.25) is 12.5 Å². The van der Waals surface area contributed by atoms with Crippen molar-refractivity contribution in [1.82, 2.24) is 0 Å². The number of fused-ring (bicyclic) bond motifs is 1. The van der Waals surface area contributed by atoms with Crippen LogP contribution in [-0.4, -0.2) is 34.4 Å². The van der Waals surface area contributed by atoms with Gasteiger partial charge in [0.1, 0.15) is 0 Å². The van der Waals surface area contributed by atoms with Crippen LogP contribution in [0.4, 0.5) is 0 Å². The smallest absolute Gasteiger partial charge is 0.231 e. The van der Waals surface area contributed by atoms with Crippen LogP contribution < -0.4 is 23.7 Å². The Morgan fingerprint density at radius 1 is 0.957 bits per heavy atom. The van der Waals surface area contributed by atoms with E-state index in [9.17, 15) is 4.79 Å². The highest BCUT2D eigenvalue weighted by Gasteiger charge is 2.23. The summed E-state index contributed by atoms with van der Waals surface area (Å²) in [6, 6.07) is 7.06. The summed E-state index contributed by atoms with van der Waals surface area (Å²) in [5.74, 6) is 2.56. The van der Waals surface area contributed by atoms with Gasteiger partial charge in [-0.3, -0.25) is 4.79 Å². The molecule has 6 heteroatoms. The molecule has 2 aromatic rings. The van der Waals surface area contributed by atoms with Crippen molar-refractivity contribution in [2.75, 3.05) is 28.1 Å².